The molecule has 0 fully saturated rings. The van der Waals surface area contributed by atoms with Gasteiger partial charge in [-0.1, -0.05) is 65.0 Å². The molecule has 0 amide bonds. The third-order valence-corrected chi connectivity index (χ3v) is 6.03. The predicted molar refractivity (Wildman–Crippen MR) is 137 cm³/mol. The van der Waals surface area contributed by atoms with Crippen LogP contribution in [0, 0.1) is 0 Å². The Bertz CT molecular complexity index is 1440. The largest absolute Gasteiger partial charge is 0.416 e. The molecule has 0 saturated carbocycles. The maximum absolute atomic E-state index is 5.99. The van der Waals surface area contributed by atoms with Crippen LogP contribution in [-0.4, -0.2) is 20.4 Å². The third-order valence-electron chi connectivity index (χ3n) is 6.03. The normalized spacial score (nSPS) is 11.8. The van der Waals surface area contributed by atoms with E-state index >= 15 is 0 Å². The van der Waals surface area contributed by atoms with Crippen LogP contribution >= 0.6 is 0 Å². The molecule has 0 aliphatic carbocycles. The molecular formula is C29H28N4O2. The highest BCUT2D eigenvalue weighted by Gasteiger charge is 2.17. The Morgan fingerprint density at radius 1 is 0.571 bits per heavy atom. The number of benzene rings is 3. The summed E-state index contributed by atoms with van der Waals surface area (Å²) in [6, 6.07) is 24.1. The lowest BCUT2D eigenvalue weighted by Gasteiger charge is -2.18. The topological polar surface area (TPSA) is 77.8 Å². The van der Waals surface area contributed by atoms with E-state index in [2.05, 4.69) is 79.3 Å². The summed E-state index contributed by atoms with van der Waals surface area (Å²) in [6.07, 6.45) is 0. The molecule has 0 atom stereocenters. The molecule has 6 nitrogen and oxygen atoms in total. The third kappa shape index (κ3) is 4.78. The molecule has 5 aromatic rings. The monoisotopic (exact) mass is 464 g/mol. The molecule has 0 bridgehead atoms. The first-order chi connectivity index (χ1) is 16.8. The standard InChI is InChI=1S/C29H28N4O2/c1-18(2)19-9-11-20(12-10-19)25-30-32-27(34-25)22-7-6-8-23(17-22)28-33-31-26(35-28)21-13-15-24(16-14-21)29(3,4)5/h6-18H,1-5H3. The summed E-state index contributed by atoms with van der Waals surface area (Å²) in [5, 5.41) is 17.0. The Kier molecular flexibility index (Phi) is 5.81. The highest BCUT2D eigenvalue weighted by atomic mass is 16.4. The molecule has 0 aliphatic rings. The molecule has 0 unspecified atom stereocenters. The molecule has 0 radical (unpaired) electrons. The fraction of sp³-hybridized carbons (Fsp3) is 0.241. The van der Waals surface area contributed by atoms with Crippen LogP contribution in [0.15, 0.2) is 81.6 Å². The summed E-state index contributed by atoms with van der Waals surface area (Å²) in [5.74, 6) is 2.31. The van der Waals surface area contributed by atoms with E-state index in [1.54, 1.807) is 0 Å². The van der Waals surface area contributed by atoms with Gasteiger partial charge in [0.15, 0.2) is 0 Å². The number of hydrogen-bond donors (Lipinski definition) is 0. The van der Waals surface area contributed by atoms with E-state index in [1.165, 1.54) is 11.1 Å². The van der Waals surface area contributed by atoms with Crippen LogP contribution in [0.3, 0.4) is 0 Å². The quantitative estimate of drug-likeness (QED) is 0.267. The lowest BCUT2D eigenvalue weighted by Crippen LogP contribution is -2.10. The van der Waals surface area contributed by atoms with Crippen molar-refractivity contribution in [1.82, 2.24) is 20.4 Å². The molecule has 35 heavy (non-hydrogen) atoms. The second kappa shape index (κ2) is 8.95. The van der Waals surface area contributed by atoms with Crippen LogP contribution < -0.4 is 0 Å². The van der Waals surface area contributed by atoms with Crippen LogP contribution in [0.2, 0.25) is 0 Å². The summed E-state index contributed by atoms with van der Waals surface area (Å²) >= 11 is 0. The minimum atomic E-state index is 0.0884. The minimum absolute atomic E-state index is 0.0884. The predicted octanol–water partition coefficient (Wildman–Crippen LogP) is 7.54. The number of aromatic nitrogens is 4. The van der Waals surface area contributed by atoms with E-state index in [4.69, 9.17) is 8.83 Å². The van der Waals surface area contributed by atoms with Gasteiger partial charge in [0, 0.05) is 22.3 Å². The van der Waals surface area contributed by atoms with Crippen molar-refractivity contribution in [3.8, 4) is 45.8 Å². The smallest absolute Gasteiger partial charge is 0.248 e. The van der Waals surface area contributed by atoms with Crippen molar-refractivity contribution in [2.45, 2.75) is 46.0 Å². The highest BCUT2D eigenvalue weighted by molar-refractivity contribution is 5.66. The molecular weight excluding hydrogens is 436 g/mol. The Labute approximate surface area is 205 Å². The van der Waals surface area contributed by atoms with Gasteiger partial charge in [0.05, 0.1) is 0 Å². The zero-order valence-corrected chi connectivity index (χ0v) is 20.6. The maximum Gasteiger partial charge on any atom is 0.248 e. The van der Waals surface area contributed by atoms with Crippen molar-refractivity contribution in [2.75, 3.05) is 0 Å². The summed E-state index contributed by atoms with van der Waals surface area (Å²) in [5.41, 5.74) is 5.96. The van der Waals surface area contributed by atoms with Crippen LogP contribution in [-0.2, 0) is 5.41 Å². The first-order valence-corrected chi connectivity index (χ1v) is 11.8. The van der Waals surface area contributed by atoms with Gasteiger partial charge in [-0.15, -0.1) is 20.4 Å². The van der Waals surface area contributed by atoms with Crippen molar-refractivity contribution in [3.63, 3.8) is 0 Å². The summed E-state index contributed by atoms with van der Waals surface area (Å²) < 4.78 is 12.0. The second-order valence-electron chi connectivity index (χ2n) is 10.0. The fourth-order valence-electron chi connectivity index (χ4n) is 3.82. The SMILES string of the molecule is CC(C)c1ccc(-c2nnc(-c3cccc(-c4nnc(-c5ccc(C(C)(C)C)cc5)o4)c3)o2)cc1. The molecule has 6 heteroatoms. The van der Waals surface area contributed by atoms with E-state index in [0.717, 1.165) is 22.3 Å². The minimum Gasteiger partial charge on any atom is -0.416 e. The molecule has 2 heterocycles. The van der Waals surface area contributed by atoms with Crippen LogP contribution in [0.1, 0.15) is 51.7 Å². The second-order valence-corrected chi connectivity index (χ2v) is 10.0. The first-order valence-electron chi connectivity index (χ1n) is 11.8. The van der Waals surface area contributed by atoms with Crippen LogP contribution in [0.5, 0.6) is 0 Å². The van der Waals surface area contributed by atoms with Crippen molar-refractivity contribution in [1.29, 1.82) is 0 Å². The number of rotatable bonds is 5. The average Bonchev–Trinajstić information content (AvgIpc) is 3.54. The number of nitrogens with zero attached hydrogens (tertiary/aromatic N) is 4. The number of hydrogen-bond acceptors (Lipinski definition) is 6. The van der Waals surface area contributed by atoms with Crippen LogP contribution in [0.4, 0.5) is 0 Å². The molecule has 0 spiro atoms. The van der Waals surface area contributed by atoms with E-state index in [1.807, 2.05) is 48.5 Å². The lowest BCUT2D eigenvalue weighted by molar-refractivity contribution is 0.581. The summed E-state index contributed by atoms with van der Waals surface area (Å²) in [6.45, 7) is 10.9. The lowest BCUT2D eigenvalue weighted by atomic mass is 9.87. The molecule has 0 N–H and O–H groups in total. The zero-order chi connectivity index (χ0) is 24.6. The molecule has 5 rings (SSSR count). The van der Waals surface area contributed by atoms with Crippen LogP contribution in [0.25, 0.3) is 45.8 Å². The highest BCUT2D eigenvalue weighted by Crippen LogP contribution is 2.30. The van der Waals surface area contributed by atoms with Gasteiger partial charge < -0.3 is 8.83 Å². The Hall–Kier alpha value is -4.06. The zero-order valence-electron chi connectivity index (χ0n) is 20.6. The van der Waals surface area contributed by atoms with E-state index in [-0.39, 0.29) is 5.41 Å². The fourth-order valence-corrected chi connectivity index (χ4v) is 3.82. The van der Waals surface area contributed by atoms with E-state index < -0.39 is 0 Å². The molecule has 3 aromatic carbocycles. The van der Waals surface area contributed by atoms with Crippen molar-refractivity contribution in [2.24, 2.45) is 0 Å². The van der Waals surface area contributed by atoms with Crippen molar-refractivity contribution < 1.29 is 8.83 Å². The molecule has 176 valence electrons. The van der Waals surface area contributed by atoms with Gasteiger partial charge in [0.1, 0.15) is 0 Å². The summed E-state index contributed by atoms with van der Waals surface area (Å²) in [4.78, 5) is 0. The van der Waals surface area contributed by atoms with Crippen molar-refractivity contribution >= 4 is 0 Å². The first kappa shape index (κ1) is 22.7. The molecule has 0 aliphatic heterocycles. The van der Waals surface area contributed by atoms with E-state index in [0.29, 0.717) is 29.5 Å². The maximum atomic E-state index is 5.99. The van der Waals surface area contributed by atoms with Gasteiger partial charge in [0.25, 0.3) is 0 Å². The van der Waals surface area contributed by atoms with Gasteiger partial charge in [-0.2, -0.15) is 0 Å². The van der Waals surface area contributed by atoms with Gasteiger partial charge >= 0.3 is 0 Å². The van der Waals surface area contributed by atoms with E-state index in [9.17, 15) is 0 Å². The Morgan fingerprint density at radius 3 is 1.43 bits per heavy atom. The molecule has 2 aromatic heterocycles. The van der Waals surface area contributed by atoms with Gasteiger partial charge in [-0.05, 0) is 64.9 Å². The Morgan fingerprint density at radius 2 is 1.00 bits per heavy atom. The van der Waals surface area contributed by atoms with Gasteiger partial charge in [0.2, 0.25) is 23.6 Å². The molecule has 0 saturated heterocycles. The van der Waals surface area contributed by atoms with Crippen molar-refractivity contribution in [3.05, 3.63) is 83.9 Å². The summed E-state index contributed by atoms with van der Waals surface area (Å²) in [7, 11) is 0. The van der Waals surface area contributed by atoms with Gasteiger partial charge in [-0.25, -0.2) is 0 Å². The van der Waals surface area contributed by atoms with Gasteiger partial charge in [-0.3, -0.25) is 0 Å². The average molecular weight is 465 g/mol. The Balaban J connectivity index is 1.38.